The van der Waals surface area contributed by atoms with Crippen LogP contribution < -0.4 is 5.73 Å². The van der Waals surface area contributed by atoms with E-state index in [-0.39, 0.29) is 0 Å². The Hall–Kier alpha value is -0.970. The molecule has 0 atom stereocenters. The van der Waals surface area contributed by atoms with Crippen LogP contribution in [0.25, 0.3) is 11.4 Å². The molecule has 3 nitrogen and oxygen atoms in total. The van der Waals surface area contributed by atoms with E-state index in [0.29, 0.717) is 17.4 Å². The van der Waals surface area contributed by atoms with Crippen LogP contribution in [0.4, 0.5) is 0 Å². The molecule has 0 fully saturated rings. The van der Waals surface area contributed by atoms with Gasteiger partial charge in [0.15, 0.2) is 5.82 Å². The summed E-state index contributed by atoms with van der Waals surface area (Å²) in [5.74, 6) is 0.694. The largest absolute Gasteiger partial charge is 0.326 e. The third-order valence-corrected chi connectivity index (χ3v) is 4.02. The van der Waals surface area contributed by atoms with Crippen LogP contribution in [0, 0.1) is 13.8 Å². The second-order valence-electron chi connectivity index (χ2n) is 4.03. The lowest BCUT2D eigenvalue weighted by Gasteiger charge is -2.09. The summed E-state index contributed by atoms with van der Waals surface area (Å²) < 4.78 is 0.837. The lowest BCUT2D eigenvalue weighted by Crippen LogP contribution is -2.07. The predicted molar refractivity (Wildman–Crippen MR) is 77.5 cm³/mol. The van der Waals surface area contributed by atoms with Crippen molar-refractivity contribution >= 4 is 27.5 Å². The first-order valence-corrected chi connectivity index (χ1v) is 6.69. The molecule has 2 N–H and O–H groups in total. The molecule has 0 spiro atoms. The molecule has 94 valence electrons. The minimum absolute atomic E-state index is 0.461. The fraction of sp³-hybridized carbons (Fsp3) is 0.231. The van der Waals surface area contributed by atoms with Crippen molar-refractivity contribution in [1.82, 2.24) is 9.97 Å². The maximum absolute atomic E-state index is 5.97. The Morgan fingerprint density at radius 3 is 2.33 bits per heavy atom. The van der Waals surface area contributed by atoms with Crippen molar-refractivity contribution in [3.63, 3.8) is 0 Å². The van der Waals surface area contributed by atoms with Gasteiger partial charge >= 0.3 is 0 Å². The van der Waals surface area contributed by atoms with Crippen molar-refractivity contribution in [2.45, 2.75) is 20.4 Å². The number of nitrogens with two attached hydrogens (primary N) is 1. The van der Waals surface area contributed by atoms with Gasteiger partial charge in [-0.3, -0.25) is 0 Å². The van der Waals surface area contributed by atoms with Crippen LogP contribution >= 0.6 is 27.5 Å². The lowest BCUT2D eigenvalue weighted by molar-refractivity contribution is 0.939. The van der Waals surface area contributed by atoms with E-state index >= 15 is 0 Å². The highest BCUT2D eigenvalue weighted by Crippen LogP contribution is 2.27. The van der Waals surface area contributed by atoms with Gasteiger partial charge in [-0.15, -0.1) is 0 Å². The minimum atomic E-state index is 0.461. The van der Waals surface area contributed by atoms with Crippen LogP contribution in [0.2, 0.25) is 5.02 Å². The van der Waals surface area contributed by atoms with E-state index in [1.54, 1.807) is 0 Å². The van der Waals surface area contributed by atoms with Gasteiger partial charge in [-0.25, -0.2) is 9.97 Å². The highest BCUT2D eigenvalue weighted by atomic mass is 79.9. The fourth-order valence-corrected chi connectivity index (χ4v) is 2.30. The van der Waals surface area contributed by atoms with Crippen molar-refractivity contribution in [3.05, 3.63) is 44.6 Å². The highest BCUT2D eigenvalue weighted by Gasteiger charge is 2.09. The van der Waals surface area contributed by atoms with Gasteiger partial charge in [0.05, 0.1) is 5.02 Å². The van der Waals surface area contributed by atoms with Crippen LogP contribution in [-0.2, 0) is 6.54 Å². The molecule has 0 aliphatic rings. The third-order valence-electron chi connectivity index (χ3n) is 2.80. The van der Waals surface area contributed by atoms with E-state index in [0.717, 1.165) is 27.0 Å². The van der Waals surface area contributed by atoms with E-state index in [2.05, 4.69) is 25.9 Å². The molecular formula is C13H13BrClN3. The first kappa shape index (κ1) is 13.5. The van der Waals surface area contributed by atoms with Gasteiger partial charge < -0.3 is 5.73 Å². The topological polar surface area (TPSA) is 51.8 Å². The second kappa shape index (κ2) is 5.34. The lowest BCUT2D eigenvalue weighted by atomic mass is 10.1. The van der Waals surface area contributed by atoms with Gasteiger partial charge in [-0.1, -0.05) is 11.6 Å². The molecular weight excluding hydrogens is 314 g/mol. The van der Waals surface area contributed by atoms with Gasteiger partial charge in [0, 0.05) is 33.5 Å². The van der Waals surface area contributed by atoms with E-state index in [4.69, 9.17) is 17.3 Å². The zero-order valence-corrected chi connectivity index (χ0v) is 12.5. The standard InChI is InChI=1S/C13H13BrClN3/c1-7-10(6-16)8(2)18-13(17-7)9-3-4-12(15)11(14)5-9/h3-5H,6,16H2,1-2H3. The molecule has 18 heavy (non-hydrogen) atoms. The van der Waals surface area contributed by atoms with Crippen molar-refractivity contribution in [3.8, 4) is 11.4 Å². The van der Waals surface area contributed by atoms with E-state index in [1.165, 1.54) is 0 Å². The van der Waals surface area contributed by atoms with Crippen LogP contribution in [0.15, 0.2) is 22.7 Å². The maximum atomic E-state index is 5.97. The Labute approximate surface area is 120 Å². The summed E-state index contributed by atoms with van der Waals surface area (Å²) in [6.07, 6.45) is 0. The Bertz CT molecular complexity index is 576. The SMILES string of the molecule is Cc1nc(-c2ccc(Cl)c(Br)c2)nc(C)c1CN. The zero-order chi connectivity index (χ0) is 13.3. The van der Waals surface area contributed by atoms with Crippen molar-refractivity contribution < 1.29 is 0 Å². The average Bonchev–Trinajstić information content (AvgIpc) is 2.32. The predicted octanol–water partition coefficient (Wildman–Crippen LogP) is 3.64. The number of benzene rings is 1. The number of rotatable bonds is 2. The summed E-state index contributed by atoms with van der Waals surface area (Å²) in [6.45, 7) is 4.36. The highest BCUT2D eigenvalue weighted by molar-refractivity contribution is 9.10. The molecule has 1 aromatic carbocycles. The summed E-state index contributed by atoms with van der Waals surface area (Å²) in [7, 11) is 0. The van der Waals surface area contributed by atoms with Crippen molar-refractivity contribution in [2.75, 3.05) is 0 Å². The van der Waals surface area contributed by atoms with Crippen LogP contribution in [0.3, 0.4) is 0 Å². The summed E-state index contributed by atoms with van der Waals surface area (Å²) in [6, 6.07) is 5.65. The van der Waals surface area contributed by atoms with Gasteiger partial charge in [-0.05, 0) is 48.0 Å². The van der Waals surface area contributed by atoms with E-state index in [1.807, 2.05) is 32.0 Å². The summed E-state index contributed by atoms with van der Waals surface area (Å²) in [5.41, 5.74) is 9.46. The Morgan fingerprint density at radius 1 is 1.22 bits per heavy atom. The molecule has 0 saturated carbocycles. The van der Waals surface area contributed by atoms with Gasteiger partial charge in [-0.2, -0.15) is 0 Å². The minimum Gasteiger partial charge on any atom is -0.326 e. The molecule has 0 saturated heterocycles. The number of aryl methyl sites for hydroxylation is 2. The van der Waals surface area contributed by atoms with Gasteiger partial charge in [0.1, 0.15) is 0 Å². The number of halogens is 2. The number of aromatic nitrogens is 2. The first-order valence-electron chi connectivity index (χ1n) is 5.52. The molecule has 0 aliphatic carbocycles. The zero-order valence-electron chi connectivity index (χ0n) is 10.2. The maximum Gasteiger partial charge on any atom is 0.159 e. The molecule has 1 aromatic heterocycles. The Kier molecular flexibility index (Phi) is 4.00. The molecule has 0 aliphatic heterocycles. The summed E-state index contributed by atoms with van der Waals surface area (Å²) in [4.78, 5) is 8.98. The quantitative estimate of drug-likeness (QED) is 0.916. The average molecular weight is 327 g/mol. The third kappa shape index (κ3) is 2.55. The van der Waals surface area contributed by atoms with E-state index < -0.39 is 0 Å². The second-order valence-corrected chi connectivity index (χ2v) is 5.29. The Balaban J connectivity index is 2.54. The fourth-order valence-electron chi connectivity index (χ4n) is 1.80. The summed E-state index contributed by atoms with van der Waals surface area (Å²) in [5, 5.41) is 0.672. The monoisotopic (exact) mass is 325 g/mol. The molecule has 2 aromatic rings. The molecule has 2 rings (SSSR count). The van der Waals surface area contributed by atoms with Crippen LogP contribution in [0.1, 0.15) is 17.0 Å². The van der Waals surface area contributed by atoms with Crippen molar-refractivity contribution in [2.24, 2.45) is 5.73 Å². The molecule has 0 amide bonds. The van der Waals surface area contributed by atoms with E-state index in [9.17, 15) is 0 Å². The van der Waals surface area contributed by atoms with Crippen LogP contribution in [0.5, 0.6) is 0 Å². The molecule has 0 bridgehead atoms. The Morgan fingerprint density at radius 2 is 1.83 bits per heavy atom. The number of hydrogen-bond acceptors (Lipinski definition) is 3. The molecule has 0 radical (unpaired) electrons. The van der Waals surface area contributed by atoms with Crippen molar-refractivity contribution in [1.29, 1.82) is 0 Å². The normalized spacial score (nSPS) is 10.7. The smallest absolute Gasteiger partial charge is 0.159 e. The van der Waals surface area contributed by atoms with Gasteiger partial charge in [0.2, 0.25) is 0 Å². The number of hydrogen-bond donors (Lipinski definition) is 1. The molecule has 1 heterocycles. The summed E-state index contributed by atoms with van der Waals surface area (Å²) >= 11 is 9.38. The number of nitrogens with zero attached hydrogens (tertiary/aromatic N) is 2. The van der Waals surface area contributed by atoms with Gasteiger partial charge in [0.25, 0.3) is 0 Å². The van der Waals surface area contributed by atoms with Crippen LogP contribution in [-0.4, -0.2) is 9.97 Å². The molecule has 0 unspecified atom stereocenters. The molecule has 5 heteroatoms. The first-order chi connectivity index (χ1) is 8.52.